The molecule has 1 saturated carbocycles. The maximum atomic E-state index is 5.90. The molecule has 1 aliphatic carbocycles. The number of hydrogen-bond acceptors (Lipinski definition) is 2. The molecule has 0 spiro atoms. The molecule has 0 radical (unpaired) electrons. The van der Waals surface area contributed by atoms with E-state index in [1.807, 2.05) is 6.92 Å². The summed E-state index contributed by atoms with van der Waals surface area (Å²) in [6, 6.07) is 19.2. The molecule has 0 heterocycles. The van der Waals surface area contributed by atoms with Gasteiger partial charge in [0.15, 0.2) is 0 Å². The summed E-state index contributed by atoms with van der Waals surface area (Å²) in [4.78, 5) is 0. The van der Waals surface area contributed by atoms with Crippen LogP contribution >= 0.6 is 0 Å². The number of benzene rings is 2. The molecule has 0 saturated heterocycles. The molecule has 1 aliphatic rings. The Morgan fingerprint density at radius 3 is 2.32 bits per heavy atom. The van der Waals surface area contributed by atoms with E-state index >= 15 is 0 Å². The number of hydrogen-bond donors (Lipinski definition) is 0. The van der Waals surface area contributed by atoms with Crippen LogP contribution in [0.5, 0.6) is 5.75 Å². The van der Waals surface area contributed by atoms with Gasteiger partial charge in [-0.3, -0.25) is 0 Å². The molecule has 25 heavy (non-hydrogen) atoms. The fourth-order valence-electron chi connectivity index (χ4n) is 3.28. The molecule has 0 amide bonds. The van der Waals surface area contributed by atoms with Crippen molar-refractivity contribution >= 4 is 0 Å². The third-order valence-electron chi connectivity index (χ3n) is 4.67. The van der Waals surface area contributed by atoms with E-state index in [2.05, 4.69) is 54.6 Å². The fourth-order valence-corrected chi connectivity index (χ4v) is 5.50. The molecule has 2 aromatic carbocycles. The molecular weight excluding hydrogens is 423 g/mol. The number of rotatable bonds is 8. The second-order valence-electron chi connectivity index (χ2n) is 6.69. The van der Waals surface area contributed by atoms with Crippen molar-refractivity contribution in [1.82, 2.24) is 0 Å². The standard InChI is InChI=1S/C22H28IO2/c1-18(24-17-16-19-8-4-2-5-9-19)25-22-14-12-21(13-15-22)23-20-10-6-3-7-11-20/h3,6-7,10-15,18-19H,2,4-5,8-9,16-17H2,1H3/q-1. The molecule has 1 fully saturated rings. The third kappa shape index (κ3) is 6.63. The van der Waals surface area contributed by atoms with Crippen LogP contribution in [0.4, 0.5) is 0 Å². The van der Waals surface area contributed by atoms with Gasteiger partial charge in [-0.05, 0) is 0 Å². The van der Waals surface area contributed by atoms with Crippen LogP contribution in [0.1, 0.15) is 45.4 Å². The van der Waals surface area contributed by atoms with Crippen molar-refractivity contribution in [3.63, 3.8) is 0 Å². The summed E-state index contributed by atoms with van der Waals surface area (Å²) >= 11 is -0.110. The molecule has 1 atom stereocenters. The summed E-state index contributed by atoms with van der Waals surface area (Å²) in [7, 11) is 0. The zero-order chi connectivity index (χ0) is 17.3. The molecular formula is C22H28IO2-. The Kier molecular flexibility index (Phi) is 7.61. The number of halogens is 1. The summed E-state index contributed by atoms with van der Waals surface area (Å²) < 4.78 is 14.6. The summed E-state index contributed by atoms with van der Waals surface area (Å²) in [6.45, 7) is 2.80. The quantitative estimate of drug-likeness (QED) is 0.454. The topological polar surface area (TPSA) is 18.5 Å². The Labute approximate surface area is 162 Å². The zero-order valence-corrected chi connectivity index (χ0v) is 17.2. The maximum absolute atomic E-state index is 5.90. The van der Waals surface area contributed by atoms with Crippen molar-refractivity contribution in [3.8, 4) is 5.75 Å². The molecule has 0 N–H and O–H groups in total. The zero-order valence-electron chi connectivity index (χ0n) is 15.0. The first kappa shape index (κ1) is 18.7. The van der Waals surface area contributed by atoms with E-state index in [9.17, 15) is 0 Å². The normalized spacial score (nSPS) is 16.7. The van der Waals surface area contributed by atoms with Crippen LogP contribution in [0, 0.1) is 13.1 Å². The van der Waals surface area contributed by atoms with Gasteiger partial charge < -0.3 is 0 Å². The van der Waals surface area contributed by atoms with Crippen LogP contribution in [0.3, 0.4) is 0 Å². The summed E-state index contributed by atoms with van der Waals surface area (Å²) in [6.07, 6.45) is 7.96. The monoisotopic (exact) mass is 451 g/mol. The van der Waals surface area contributed by atoms with Gasteiger partial charge in [-0.15, -0.1) is 0 Å². The minimum absolute atomic E-state index is 0.110. The van der Waals surface area contributed by atoms with Crippen LogP contribution in [0.15, 0.2) is 54.6 Å². The van der Waals surface area contributed by atoms with E-state index in [-0.39, 0.29) is 27.5 Å². The average Bonchev–Trinajstić information content (AvgIpc) is 2.65. The van der Waals surface area contributed by atoms with Crippen LogP contribution in [0.2, 0.25) is 0 Å². The van der Waals surface area contributed by atoms with Crippen LogP contribution in [-0.4, -0.2) is 12.9 Å². The van der Waals surface area contributed by atoms with Gasteiger partial charge >= 0.3 is 156 Å². The second kappa shape index (κ2) is 10.2. The van der Waals surface area contributed by atoms with Crippen molar-refractivity contribution in [2.45, 2.75) is 51.7 Å². The van der Waals surface area contributed by atoms with Gasteiger partial charge in [-0.25, -0.2) is 0 Å². The Hall–Kier alpha value is -1.07. The predicted molar refractivity (Wildman–Crippen MR) is 97.5 cm³/mol. The van der Waals surface area contributed by atoms with Crippen molar-refractivity contribution in [2.75, 3.05) is 6.61 Å². The van der Waals surface area contributed by atoms with Gasteiger partial charge in [-0.2, -0.15) is 0 Å². The molecule has 1 unspecified atom stereocenters. The van der Waals surface area contributed by atoms with Crippen molar-refractivity contribution in [1.29, 1.82) is 0 Å². The van der Waals surface area contributed by atoms with E-state index in [4.69, 9.17) is 9.47 Å². The first-order valence-corrected chi connectivity index (χ1v) is 11.5. The van der Waals surface area contributed by atoms with Crippen molar-refractivity contribution in [2.24, 2.45) is 5.92 Å². The van der Waals surface area contributed by atoms with Gasteiger partial charge in [0.05, 0.1) is 0 Å². The SMILES string of the molecule is CC(OCCC1CCCCC1)Oc1ccc([I-]c2ccccc2)cc1. The predicted octanol–water partition coefficient (Wildman–Crippen LogP) is 2.53. The van der Waals surface area contributed by atoms with Gasteiger partial charge in [0.2, 0.25) is 0 Å². The van der Waals surface area contributed by atoms with Gasteiger partial charge in [0, 0.05) is 0 Å². The van der Waals surface area contributed by atoms with E-state index in [1.54, 1.807) is 0 Å². The van der Waals surface area contributed by atoms with E-state index in [0.717, 1.165) is 18.3 Å². The summed E-state index contributed by atoms with van der Waals surface area (Å²) in [5.74, 6) is 1.76. The Bertz CT molecular complexity index is 606. The second-order valence-corrected chi connectivity index (χ2v) is 9.72. The van der Waals surface area contributed by atoms with Crippen molar-refractivity contribution < 1.29 is 30.7 Å². The molecule has 0 aromatic heterocycles. The first-order chi connectivity index (χ1) is 12.3. The van der Waals surface area contributed by atoms with E-state index in [0.29, 0.717) is 0 Å². The third-order valence-corrected chi connectivity index (χ3v) is 7.35. The summed E-state index contributed by atoms with van der Waals surface area (Å²) in [5.41, 5.74) is 0. The Morgan fingerprint density at radius 1 is 0.920 bits per heavy atom. The molecule has 2 aromatic rings. The molecule has 0 bridgehead atoms. The molecule has 0 aliphatic heterocycles. The molecule has 136 valence electrons. The van der Waals surface area contributed by atoms with Crippen molar-refractivity contribution in [3.05, 3.63) is 61.7 Å². The van der Waals surface area contributed by atoms with Crippen LogP contribution in [-0.2, 0) is 4.74 Å². The van der Waals surface area contributed by atoms with Gasteiger partial charge in [0.25, 0.3) is 0 Å². The Balaban J connectivity index is 1.39. The van der Waals surface area contributed by atoms with E-state index in [1.165, 1.54) is 45.7 Å². The molecule has 3 heteroatoms. The Morgan fingerprint density at radius 2 is 1.60 bits per heavy atom. The molecule has 3 rings (SSSR count). The van der Waals surface area contributed by atoms with E-state index < -0.39 is 0 Å². The average molecular weight is 451 g/mol. The van der Waals surface area contributed by atoms with Gasteiger partial charge in [-0.1, -0.05) is 6.42 Å². The minimum atomic E-state index is -0.182. The number of ether oxygens (including phenoxy) is 2. The van der Waals surface area contributed by atoms with Crippen LogP contribution in [0.25, 0.3) is 0 Å². The fraction of sp³-hybridized carbons (Fsp3) is 0.455. The van der Waals surface area contributed by atoms with Crippen LogP contribution < -0.4 is 25.9 Å². The molecule has 2 nitrogen and oxygen atoms in total. The first-order valence-electron chi connectivity index (χ1n) is 9.38. The van der Waals surface area contributed by atoms with Gasteiger partial charge in [0.1, 0.15) is 0 Å². The summed E-state index contributed by atoms with van der Waals surface area (Å²) in [5, 5.41) is 0.